The number of ether oxygens (including phenoxy) is 2. The van der Waals surface area contributed by atoms with E-state index in [0.717, 1.165) is 42.5 Å². The Labute approximate surface area is 261 Å². The number of nitrogens with zero attached hydrogens (tertiary/aromatic N) is 2. The number of carbonyl (C=O) groups excluding carboxylic acids is 2. The number of rotatable bonds is 6. The first-order valence-electron chi connectivity index (χ1n) is 15.4. The molecule has 2 fully saturated rings. The minimum Gasteiger partial charge on any atom is -0.504 e. The molecule has 2 heterocycles. The van der Waals surface area contributed by atoms with Crippen molar-refractivity contribution in [3.05, 3.63) is 71.0 Å². The summed E-state index contributed by atoms with van der Waals surface area (Å²) in [6.45, 7) is 10.9. The van der Waals surface area contributed by atoms with E-state index >= 15 is 0 Å². The molecule has 1 saturated carbocycles. The average molecular weight is 623 g/mol. The van der Waals surface area contributed by atoms with Crippen molar-refractivity contribution >= 4 is 11.9 Å². The van der Waals surface area contributed by atoms with Gasteiger partial charge in [0.25, 0.3) is 5.91 Å². The van der Waals surface area contributed by atoms with Crippen LogP contribution in [0.5, 0.6) is 11.5 Å². The Hall–Kier alpha value is -3.97. The number of hydrogen-bond donors (Lipinski definition) is 1. The number of esters is 1. The van der Waals surface area contributed by atoms with Crippen molar-refractivity contribution in [3.63, 3.8) is 0 Å². The molecule has 1 saturated heterocycles. The van der Waals surface area contributed by atoms with Crippen LogP contribution < -0.4 is 4.74 Å². The first-order valence-corrected chi connectivity index (χ1v) is 15.4. The molecule has 2 aliphatic heterocycles. The lowest BCUT2D eigenvalue weighted by molar-refractivity contribution is -0.140. The van der Waals surface area contributed by atoms with E-state index in [1.807, 2.05) is 19.9 Å². The van der Waals surface area contributed by atoms with E-state index in [4.69, 9.17) is 9.47 Å². The summed E-state index contributed by atoms with van der Waals surface area (Å²) in [6.07, 6.45) is -1.89. The molecule has 1 amide bonds. The minimum absolute atomic E-state index is 0.0861. The maximum absolute atomic E-state index is 13.8. The molecule has 6 rings (SSSR count). The van der Waals surface area contributed by atoms with Gasteiger partial charge >= 0.3 is 12.1 Å². The van der Waals surface area contributed by atoms with Gasteiger partial charge in [0, 0.05) is 42.0 Å². The van der Waals surface area contributed by atoms with E-state index < -0.39 is 35.1 Å². The Morgan fingerprint density at radius 3 is 2.60 bits per heavy atom. The zero-order chi connectivity index (χ0) is 32.3. The lowest BCUT2D eigenvalue weighted by Crippen LogP contribution is -2.69. The average Bonchev–Trinajstić information content (AvgIpc) is 3.32. The van der Waals surface area contributed by atoms with Gasteiger partial charge in [-0.3, -0.25) is 14.5 Å². The van der Waals surface area contributed by atoms with Crippen molar-refractivity contribution in [1.29, 1.82) is 0 Å². The number of hydrogen-bond acceptors (Lipinski definition) is 6. The van der Waals surface area contributed by atoms with Crippen LogP contribution in [0.2, 0.25) is 0 Å². The SMILES string of the molecule is C=C(CN1CC[C@]23c4c5ccc(O)c4O[C@H]2[C@@H](N(CC(C)C)C(=O)C#Cc2ccc(C(F)(F)F)cc2)CC[C@H]3[C@H]1C5)OC(C)=O. The maximum atomic E-state index is 13.8. The summed E-state index contributed by atoms with van der Waals surface area (Å²) in [7, 11) is 0. The Morgan fingerprint density at radius 1 is 1.20 bits per heavy atom. The fraction of sp³-hybridized carbons (Fsp3) is 0.486. The van der Waals surface area contributed by atoms with Crippen molar-refractivity contribution in [2.75, 3.05) is 19.6 Å². The number of aromatic hydroxyl groups is 1. The van der Waals surface area contributed by atoms with E-state index in [1.54, 1.807) is 11.0 Å². The lowest BCUT2D eigenvalue weighted by Gasteiger charge is -2.60. The van der Waals surface area contributed by atoms with Gasteiger partial charge in [-0.2, -0.15) is 13.2 Å². The highest BCUT2D eigenvalue weighted by atomic mass is 19.4. The Balaban J connectivity index is 1.33. The predicted molar refractivity (Wildman–Crippen MR) is 160 cm³/mol. The number of phenolic OH excluding ortho intramolecular Hbond substituents is 1. The van der Waals surface area contributed by atoms with Gasteiger partial charge in [0.05, 0.1) is 18.2 Å². The normalized spacial score (nSPS) is 26.3. The van der Waals surface area contributed by atoms with Crippen LogP contribution in [-0.4, -0.2) is 64.6 Å². The number of likely N-dealkylation sites (tertiary alicyclic amines) is 1. The summed E-state index contributed by atoms with van der Waals surface area (Å²) in [5.41, 5.74) is 1.28. The van der Waals surface area contributed by atoms with E-state index in [0.29, 0.717) is 43.1 Å². The van der Waals surface area contributed by atoms with Crippen LogP contribution in [-0.2, 0) is 32.3 Å². The minimum atomic E-state index is -4.45. The molecule has 2 aliphatic carbocycles. The number of halogens is 3. The summed E-state index contributed by atoms with van der Waals surface area (Å²) in [5, 5.41) is 11.0. The van der Waals surface area contributed by atoms with E-state index in [1.165, 1.54) is 19.1 Å². The molecule has 45 heavy (non-hydrogen) atoms. The number of carbonyl (C=O) groups is 2. The molecule has 1 spiro atoms. The highest BCUT2D eigenvalue weighted by molar-refractivity contribution is 5.94. The molecule has 10 heteroatoms. The smallest absolute Gasteiger partial charge is 0.416 e. The highest BCUT2D eigenvalue weighted by Gasteiger charge is 2.66. The quantitative estimate of drug-likeness (QED) is 0.263. The van der Waals surface area contributed by atoms with Gasteiger partial charge in [0.2, 0.25) is 0 Å². The van der Waals surface area contributed by atoms with Gasteiger partial charge in [-0.1, -0.05) is 32.4 Å². The van der Waals surface area contributed by atoms with Crippen LogP contribution in [0.1, 0.15) is 62.3 Å². The summed E-state index contributed by atoms with van der Waals surface area (Å²) >= 11 is 0. The fourth-order valence-electron chi connectivity index (χ4n) is 8.28. The Morgan fingerprint density at radius 2 is 1.93 bits per heavy atom. The summed E-state index contributed by atoms with van der Waals surface area (Å²) in [5.74, 6) is 5.96. The van der Waals surface area contributed by atoms with Crippen LogP contribution in [0.4, 0.5) is 13.2 Å². The van der Waals surface area contributed by atoms with E-state index in [-0.39, 0.29) is 29.7 Å². The molecule has 238 valence electrons. The largest absolute Gasteiger partial charge is 0.504 e. The van der Waals surface area contributed by atoms with Crippen LogP contribution >= 0.6 is 0 Å². The standard InChI is InChI=1S/C35H37F3N2O5/c1-20(2)18-40(30(43)14-7-23-5-9-25(10-6-23)35(36,37)38)27-12-11-26-28-17-24-8-13-29(42)32-31(24)34(26,33(27)45-32)15-16-39(28)19-21(3)44-22(4)41/h5-6,8-10,13,20,26-28,33,42H,3,11-12,15-19H2,1-2,4H3/t26-,27-,28+,33-,34-/m0/s1. The molecule has 4 aliphatic rings. The molecular formula is C35H37F3N2O5. The fourth-order valence-corrected chi connectivity index (χ4v) is 8.28. The van der Waals surface area contributed by atoms with Crippen molar-refractivity contribution in [2.45, 2.75) is 76.2 Å². The molecule has 2 aromatic carbocycles. The number of phenols is 1. The molecule has 2 bridgehead atoms. The molecule has 0 unspecified atom stereocenters. The second kappa shape index (κ2) is 11.4. The third-order valence-corrected chi connectivity index (χ3v) is 9.82. The molecule has 2 aromatic rings. The van der Waals surface area contributed by atoms with Crippen molar-refractivity contribution in [2.24, 2.45) is 11.8 Å². The van der Waals surface area contributed by atoms with Crippen LogP contribution in [0.25, 0.3) is 0 Å². The molecule has 7 nitrogen and oxygen atoms in total. The topological polar surface area (TPSA) is 79.3 Å². The van der Waals surface area contributed by atoms with Crippen molar-refractivity contribution < 1.29 is 37.3 Å². The highest BCUT2D eigenvalue weighted by Crippen LogP contribution is 2.64. The second-order valence-corrected chi connectivity index (χ2v) is 13.1. The maximum Gasteiger partial charge on any atom is 0.416 e. The number of amides is 1. The van der Waals surface area contributed by atoms with Crippen LogP contribution in [0, 0.1) is 23.7 Å². The third kappa shape index (κ3) is 5.45. The number of alkyl halides is 3. The summed E-state index contributed by atoms with van der Waals surface area (Å²) in [6, 6.07) is 7.91. The Kier molecular flexibility index (Phi) is 7.88. The zero-order valence-corrected chi connectivity index (χ0v) is 25.6. The van der Waals surface area contributed by atoms with Gasteiger partial charge in [-0.15, -0.1) is 0 Å². The zero-order valence-electron chi connectivity index (χ0n) is 25.6. The number of benzene rings is 2. The van der Waals surface area contributed by atoms with Gasteiger partial charge < -0.3 is 19.5 Å². The first-order chi connectivity index (χ1) is 21.3. The second-order valence-electron chi connectivity index (χ2n) is 13.1. The number of piperidine rings is 1. The van der Waals surface area contributed by atoms with Crippen molar-refractivity contribution in [1.82, 2.24) is 9.80 Å². The van der Waals surface area contributed by atoms with Gasteiger partial charge in [-0.25, -0.2) is 0 Å². The first kappa shape index (κ1) is 31.0. The van der Waals surface area contributed by atoms with Gasteiger partial charge in [-0.05, 0) is 80.0 Å². The molecule has 5 atom stereocenters. The van der Waals surface area contributed by atoms with Crippen LogP contribution in [0.15, 0.2) is 48.7 Å². The van der Waals surface area contributed by atoms with E-state index in [9.17, 15) is 27.9 Å². The van der Waals surface area contributed by atoms with Gasteiger partial charge in [0.1, 0.15) is 11.9 Å². The molecular weight excluding hydrogens is 585 g/mol. The molecule has 0 radical (unpaired) electrons. The summed E-state index contributed by atoms with van der Waals surface area (Å²) in [4.78, 5) is 29.5. The Bertz CT molecular complexity index is 1590. The third-order valence-electron chi connectivity index (χ3n) is 9.82. The van der Waals surface area contributed by atoms with Crippen molar-refractivity contribution in [3.8, 4) is 23.3 Å². The van der Waals surface area contributed by atoms with E-state index in [2.05, 4.69) is 23.3 Å². The predicted octanol–water partition coefficient (Wildman–Crippen LogP) is 5.43. The van der Waals surface area contributed by atoms with Crippen LogP contribution in [0.3, 0.4) is 0 Å². The molecule has 1 N–H and O–H groups in total. The molecule has 0 aromatic heterocycles. The monoisotopic (exact) mass is 622 g/mol. The summed E-state index contributed by atoms with van der Waals surface area (Å²) < 4.78 is 51.0. The van der Waals surface area contributed by atoms with Gasteiger partial charge in [0.15, 0.2) is 11.5 Å². The lowest BCUT2D eigenvalue weighted by atomic mass is 9.51.